The zero-order valence-electron chi connectivity index (χ0n) is 13.9. The van der Waals surface area contributed by atoms with Gasteiger partial charge in [-0.3, -0.25) is 5.10 Å². The van der Waals surface area contributed by atoms with E-state index in [0.29, 0.717) is 16.3 Å². The molecule has 1 aromatic heterocycles. The van der Waals surface area contributed by atoms with E-state index in [0.717, 1.165) is 29.4 Å². The molecule has 25 heavy (non-hydrogen) atoms. The molecule has 5 nitrogen and oxygen atoms in total. The summed E-state index contributed by atoms with van der Waals surface area (Å²) in [5, 5.41) is 24.1. The number of hydrogen-bond donors (Lipinski definition) is 2. The van der Waals surface area contributed by atoms with E-state index < -0.39 is 0 Å². The summed E-state index contributed by atoms with van der Waals surface area (Å²) in [5.74, 6) is 1.48. The molecular weight excluding hydrogens is 332 g/mol. The Balaban J connectivity index is 1.75. The molecule has 0 bridgehead atoms. The van der Waals surface area contributed by atoms with Gasteiger partial charge < -0.3 is 5.11 Å². The van der Waals surface area contributed by atoms with Gasteiger partial charge in [-0.25, -0.2) is 0 Å². The minimum Gasteiger partial charge on any atom is -0.507 e. The van der Waals surface area contributed by atoms with Crippen LogP contribution in [0.2, 0.25) is 0 Å². The molecule has 6 heteroatoms. The fourth-order valence-electron chi connectivity index (χ4n) is 3.58. The Morgan fingerprint density at radius 2 is 1.96 bits per heavy atom. The van der Waals surface area contributed by atoms with Crippen molar-refractivity contribution in [2.24, 2.45) is 5.10 Å². The van der Waals surface area contributed by atoms with E-state index in [1.54, 1.807) is 17.0 Å². The van der Waals surface area contributed by atoms with Gasteiger partial charge in [0.05, 0.1) is 6.21 Å². The fraction of sp³-hybridized carbons (Fsp3) is 0.316. The van der Waals surface area contributed by atoms with Gasteiger partial charge in [-0.2, -0.15) is 14.9 Å². The van der Waals surface area contributed by atoms with E-state index in [2.05, 4.69) is 15.3 Å². The molecule has 1 saturated carbocycles. The molecule has 1 aliphatic carbocycles. The molecule has 0 aliphatic heterocycles. The third-order valence-corrected chi connectivity index (χ3v) is 5.16. The van der Waals surface area contributed by atoms with Crippen LogP contribution in [0.25, 0.3) is 10.8 Å². The summed E-state index contributed by atoms with van der Waals surface area (Å²) < 4.78 is 2.18. The second kappa shape index (κ2) is 6.80. The van der Waals surface area contributed by atoms with Gasteiger partial charge in [0.15, 0.2) is 5.82 Å². The summed E-state index contributed by atoms with van der Waals surface area (Å²) in [6.07, 6.45) is 7.64. The first kappa shape index (κ1) is 16.0. The van der Waals surface area contributed by atoms with Crippen LogP contribution in [-0.2, 0) is 0 Å². The topological polar surface area (TPSA) is 66.2 Å². The summed E-state index contributed by atoms with van der Waals surface area (Å²) in [6.45, 7) is 0. The SMILES string of the molecule is Oc1ccc2ccccc2c1C=Nn1c(C2CCCCC2)n[nH]c1=S. The van der Waals surface area contributed by atoms with Gasteiger partial charge in [-0.15, -0.1) is 0 Å². The van der Waals surface area contributed by atoms with Crippen LogP contribution in [0.15, 0.2) is 41.5 Å². The Labute approximate surface area is 151 Å². The average Bonchev–Trinajstić information content (AvgIpc) is 3.02. The molecule has 2 N–H and O–H groups in total. The highest BCUT2D eigenvalue weighted by molar-refractivity contribution is 7.71. The van der Waals surface area contributed by atoms with Crippen molar-refractivity contribution in [2.75, 3.05) is 0 Å². The molecule has 0 atom stereocenters. The predicted octanol–water partition coefficient (Wildman–Crippen LogP) is 4.73. The van der Waals surface area contributed by atoms with Crippen LogP contribution in [0.1, 0.15) is 49.4 Å². The van der Waals surface area contributed by atoms with Gasteiger partial charge in [0.25, 0.3) is 0 Å². The standard InChI is InChI=1S/C19H20N4OS/c24-17-11-10-13-6-4-5-9-15(13)16(17)12-20-23-18(21-22-19(23)25)14-7-2-1-3-8-14/h4-6,9-12,14,24H,1-3,7-8H2,(H,22,25). The van der Waals surface area contributed by atoms with E-state index in [-0.39, 0.29) is 5.75 Å². The number of aromatic nitrogens is 3. The third-order valence-electron chi connectivity index (χ3n) is 4.90. The van der Waals surface area contributed by atoms with Gasteiger partial charge in [0, 0.05) is 11.5 Å². The average molecular weight is 352 g/mol. The number of hydrogen-bond acceptors (Lipinski definition) is 4. The Bertz CT molecular complexity index is 982. The summed E-state index contributed by atoms with van der Waals surface area (Å²) in [4.78, 5) is 0. The maximum Gasteiger partial charge on any atom is 0.216 e. The number of phenols is 1. The first-order chi connectivity index (χ1) is 12.2. The highest BCUT2D eigenvalue weighted by Gasteiger charge is 2.21. The molecule has 0 radical (unpaired) electrons. The first-order valence-corrected chi connectivity index (χ1v) is 9.07. The molecule has 2 aromatic carbocycles. The number of H-pyrrole nitrogens is 1. The van der Waals surface area contributed by atoms with E-state index >= 15 is 0 Å². The molecule has 4 rings (SSSR count). The Morgan fingerprint density at radius 3 is 2.80 bits per heavy atom. The minimum absolute atomic E-state index is 0.205. The lowest BCUT2D eigenvalue weighted by molar-refractivity contribution is 0.419. The van der Waals surface area contributed by atoms with Crippen LogP contribution < -0.4 is 0 Å². The number of aromatic amines is 1. The molecule has 0 amide bonds. The molecule has 1 heterocycles. The molecule has 128 valence electrons. The number of rotatable bonds is 3. The Hall–Kier alpha value is -2.47. The monoisotopic (exact) mass is 352 g/mol. The van der Waals surface area contributed by atoms with Crippen LogP contribution in [0.4, 0.5) is 0 Å². The van der Waals surface area contributed by atoms with E-state index in [4.69, 9.17) is 12.2 Å². The summed E-state index contributed by atoms with van der Waals surface area (Å²) >= 11 is 5.35. The quantitative estimate of drug-likeness (QED) is 0.529. The number of aromatic hydroxyl groups is 1. The van der Waals surface area contributed by atoms with Gasteiger partial charge in [-0.05, 0) is 41.9 Å². The van der Waals surface area contributed by atoms with Gasteiger partial charge in [0.2, 0.25) is 4.77 Å². The normalized spacial score (nSPS) is 16.0. The second-order valence-electron chi connectivity index (χ2n) is 6.50. The molecule has 0 unspecified atom stereocenters. The number of nitrogens with one attached hydrogen (secondary N) is 1. The number of benzene rings is 2. The Morgan fingerprint density at radius 1 is 1.16 bits per heavy atom. The highest BCUT2D eigenvalue weighted by Crippen LogP contribution is 2.31. The maximum absolute atomic E-state index is 10.3. The predicted molar refractivity (Wildman–Crippen MR) is 102 cm³/mol. The van der Waals surface area contributed by atoms with E-state index in [1.165, 1.54) is 19.3 Å². The molecule has 1 fully saturated rings. The highest BCUT2D eigenvalue weighted by atomic mass is 32.1. The van der Waals surface area contributed by atoms with Crippen molar-refractivity contribution in [1.82, 2.24) is 14.9 Å². The van der Waals surface area contributed by atoms with Crippen LogP contribution in [0, 0.1) is 4.77 Å². The second-order valence-corrected chi connectivity index (χ2v) is 6.88. The third kappa shape index (κ3) is 3.09. The van der Waals surface area contributed by atoms with E-state index in [9.17, 15) is 5.11 Å². The molecule has 0 saturated heterocycles. The van der Waals surface area contributed by atoms with Crippen LogP contribution >= 0.6 is 12.2 Å². The lowest BCUT2D eigenvalue weighted by atomic mass is 9.89. The van der Waals surface area contributed by atoms with Crippen LogP contribution in [0.5, 0.6) is 5.75 Å². The largest absolute Gasteiger partial charge is 0.507 e. The fourth-order valence-corrected chi connectivity index (χ4v) is 3.76. The lowest BCUT2D eigenvalue weighted by Crippen LogP contribution is -2.10. The first-order valence-electron chi connectivity index (χ1n) is 8.66. The summed E-state index contributed by atoms with van der Waals surface area (Å²) in [5.41, 5.74) is 0.691. The number of fused-ring (bicyclic) bond motifs is 1. The zero-order chi connectivity index (χ0) is 17.2. The molecular formula is C19H20N4OS. The van der Waals surface area contributed by atoms with Gasteiger partial charge in [0.1, 0.15) is 5.75 Å². The van der Waals surface area contributed by atoms with Crippen molar-refractivity contribution in [2.45, 2.75) is 38.0 Å². The minimum atomic E-state index is 0.205. The van der Waals surface area contributed by atoms with Crippen molar-refractivity contribution < 1.29 is 5.11 Å². The zero-order valence-corrected chi connectivity index (χ0v) is 14.7. The van der Waals surface area contributed by atoms with Crippen molar-refractivity contribution in [3.8, 4) is 5.75 Å². The smallest absolute Gasteiger partial charge is 0.216 e. The number of phenolic OH excluding ortho intramolecular Hbond substituents is 1. The maximum atomic E-state index is 10.3. The number of nitrogens with zero attached hydrogens (tertiary/aromatic N) is 3. The molecule has 1 aliphatic rings. The molecule has 0 spiro atoms. The molecule has 3 aromatic rings. The van der Waals surface area contributed by atoms with Crippen LogP contribution in [-0.4, -0.2) is 26.2 Å². The van der Waals surface area contributed by atoms with Crippen molar-refractivity contribution in [3.63, 3.8) is 0 Å². The lowest BCUT2D eigenvalue weighted by Gasteiger charge is -2.19. The van der Waals surface area contributed by atoms with Gasteiger partial charge >= 0.3 is 0 Å². The van der Waals surface area contributed by atoms with Crippen LogP contribution in [0.3, 0.4) is 0 Å². The Kier molecular flexibility index (Phi) is 4.36. The van der Waals surface area contributed by atoms with Gasteiger partial charge in [-0.1, -0.05) is 49.6 Å². The van der Waals surface area contributed by atoms with Crippen molar-refractivity contribution in [1.29, 1.82) is 0 Å². The summed E-state index contributed by atoms with van der Waals surface area (Å²) in [6, 6.07) is 11.5. The van der Waals surface area contributed by atoms with E-state index in [1.807, 2.05) is 30.3 Å². The van der Waals surface area contributed by atoms with Crippen molar-refractivity contribution >= 4 is 29.2 Å². The van der Waals surface area contributed by atoms with Crippen molar-refractivity contribution in [3.05, 3.63) is 52.6 Å². The summed E-state index contributed by atoms with van der Waals surface area (Å²) in [7, 11) is 0.